The van der Waals surface area contributed by atoms with Gasteiger partial charge in [0.15, 0.2) is 0 Å². The minimum atomic E-state index is 0.312. The Morgan fingerprint density at radius 2 is 2.33 bits per heavy atom. The molecule has 0 aliphatic heterocycles. The average Bonchev–Trinajstić information content (AvgIpc) is 2.31. The van der Waals surface area contributed by atoms with Gasteiger partial charge in [0.25, 0.3) is 0 Å². The first-order valence-corrected chi connectivity index (χ1v) is 6.23. The van der Waals surface area contributed by atoms with Gasteiger partial charge in [-0.15, -0.1) is 11.3 Å². The van der Waals surface area contributed by atoms with E-state index in [0.29, 0.717) is 6.04 Å². The lowest BCUT2D eigenvalue weighted by molar-refractivity contribution is 0.267. The van der Waals surface area contributed by atoms with Crippen molar-refractivity contribution >= 4 is 33.9 Å². The third-order valence-electron chi connectivity index (χ3n) is 2.57. The van der Waals surface area contributed by atoms with E-state index < -0.39 is 0 Å². The standard InChI is InChI=1S/C9H12INS/c10-7-4-8(12-5-7)9(11)6-2-1-3-6/h4-6,9H,1-3,11H2. The van der Waals surface area contributed by atoms with Gasteiger partial charge in [-0.3, -0.25) is 0 Å². The van der Waals surface area contributed by atoms with Crippen molar-refractivity contribution in [3.63, 3.8) is 0 Å². The van der Waals surface area contributed by atoms with Gasteiger partial charge in [-0.25, -0.2) is 0 Å². The Morgan fingerprint density at radius 3 is 2.75 bits per heavy atom. The van der Waals surface area contributed by atoms with E-state index in [9.17, 15) is 0 Å². The summed E-state index contributed by atoms with van der Waals surface area (Å²) in [6, 6.07) is 2.53. The maximum atomic E-state index is 6.12. The monoisotopic (exact) mass is 293 g/mol. The lowest BCUT2D eigenvalue weighted by atomic mass is 9.79. The quantitative estimate of drug-likeness (QED) is 0.833. The molecule has 1 aliphatic carbocycles. The van der Waals surface area contributed by atoms with E-state index in [0.717, 1.165) is 5.92 Å². The third-order valence-corrected chi connectivity index (χ3v) is 4.65. The highest BCUT2D eigenvalue weighted by Crippen LogP contribution is 2.38. The van der Waals surface area contributed by atoms with E-state index >= 15 is 0 Å². The van der Waals surface area contributed by atoms with Gasteiger partial charge in [0.2, 0.25) is 0 Å². The Kier molecular flexibility index (Phi) is 2.72. The van der Waals surface area contributed by atoms with Crippen molar-refractivity contribution in [3.8, 4) is 0 Å². The Balaban J connectivity index is 2.08. The van der Waals surface area contributed by atoms with Crippen LogP contribution in [0.25, 0.3) is 0 Å². The highest BCUT2D eigenvalue weighted by molar-refractivity contribution is 14.1. The summed E-state index contributed by atoms with van der Waals surface area (Å²) in [4.78, 5) is 1.36. The molecule has 2 N–H and O–H groups in total. The molecule has 0 spiro atoms. The summed E-state index contributed by atoms with van der Waals surface area (Å²) >= 11 is 4.15. The second-order valence-corrected chi connectivity index (χ2v) is 5.57. The Morgan fingerprint density at radius 1 is 1.58 bits per heavy atom. The molecule has 1 nitrogen and oxygen atoms in total. The summed E-state index contributed by atoms with van der Waals surface area (Å²) in [6.45, 7) is 0. The van der Waals surface area contributed by atoms with Gasteiger partial charge < -0.3 is 5.73 Å². The van der Waals surface area contributed by atoms with Gasteiger partial charge in [0.1, 0.15) is 0 Å². The SMILES string of the molecule is NC(c1cc(I)cs1)C1CCC1. The van der Waals surface area contributed by atoms with Crippen LogP contribution in [0.5, 0.6) is 0 Å². The Bertz CT molecular complexity index is 267. The zero-order valence-electron chi connectivity index (χ0n) is 6.79. The Labute approximate surface area is 90.5 Å². The summed E-state index contributed by atoms with van der Waals surface area (Å²) in [6.07, 6.45) is 4.03. The zero-order valence-corrected chi connectivity index (χ0v) is 9.77. The van der Waals surface area contributed by atoms with Gasteiger partial charge in [0, 0.05) is 19.9 Å². The number of nitrogens with two attached hydrogens (primary N) is 1. The van der Waals surface area contributed by atoms with Gasteiger partial charge in [-0.05, 0) is 47.4 Å². The molecule has 1 aromatic heterocycles. The van der Waals surface area contributed by atoms with Crippen molar-refractivity contribution in [2.24, 2.45) is 11.7 Å². The highest BCUT2D eigenvalue weighted by Gasteiger charge is 2.26. The number of halogens is 1. The van der Waals surface area contributed by atoms with Crippen LogP contribution in [0.15, 0.2) is 11.4 Å². The normalized spacial score (nSPS) is 20.5. The molecule has 0 aromatic carbocycles. The maximum Gasteiger partial charge on any atom is 0.0418 e. The molecule has 1 unspecified atom stereocenters. The van der Waals surface area contributed by atoms with Crippen LogP contribution < -0.4 is 5.73 Å². The van der Waals surface area contributed by atoms with Gasteiger partial charge >= 0.3 is 0 Å². The maximum absolute atomic E-state index is 6.12. The Hall–Kier alpha value is 0.390. The third kappa shape index (κ3) is 1.67. The summed E-state index contributed by atoms with van der Waals surface area (Å²) in [7, 11) is 0. The predicted octanol–water partition coefficient (Wildman–Crippen LogP) is 3.15. The van der Waals surface area contributed by atoms with Crippen molar-refractivity contribution in [1.82, 2.24) is 0 Å². The van der Waals surface area contributed by atoms with E-state index in [1.165, 1.54) is 27.7 Å². The highest BCUT2D eigenvalue weighted by atomic mass is 127. The van der Waals surface area contributed by atoms with E-state index in [-0.39, 0.29) is 0 Å². The van der Waals surface area contributed by atoms with E-state index in [1.807, 2.05) is 0 Å². The fourth-order valence-corrected chi connectivity index (χ4v) is 3.32. The molecular formula is C9H12INS. The molecule has 12 heavy (non-hydrogen) atoms. The van der Waals surface area contributed by atoms with Crippen LogP contribution in [-0.4, -0.2) is 0 Å². The molecule has 1 heterocycles. The van der Waals surface area contributed by atoms with Crippen LogP contribution in [0.4, 0.5) is 0 Å². The van der Waals surface area contributed by atoms with Crippen molar-refractivity contribution in [2.75, 3.05) is 0 Å². The fourth-order valence-electron chi connectivity index (χ4n) is 1.53. The van der Waals surface area contributed by atoms with Gasteiger partial charge in [-0.1, -0.05) is 6.42 Å². The average molecular weight is 293 g/mol. The smallest absolute Gasteiger partial charge is 0.0418 e. The second-order valence-electron chi connectivity index (χ2n) is 3.38. The number of hydrogen-bond acceptors (Lipinski definition) is 2. The first-order valence-electron chi connectivity index (χ1n) is 4.27. The number of rotatable bonds is 2. The minimum Gasteiger partial charge on any atom is -0.323 e. The molecule has 0 saturated heterocycles. The van der Waals surface area contributed by atoms with E-state index in [1.54, 1.807) is 11.3 Å². The number of thiophene rings is 1. The van der Waals surface area contributed by atoms with Crippen LogP contribution in [0.2, 0.25) is 0 Å². The molecule has 0 radical (unpaired) electrons. The van der Waals surface area contributed by atoms with Crippen molar-refractivity contribution in [1.29, 1.82) is 0 Å². The van der Waals surface area contributed by atoms with Crippen molar-refractivity contribution in [2.45, 2.75) is 25.3 Å². The summed E-state index contributed by atoms with van der Waals surface area (Å²) in [5.74, 6) is 0.763. The molecule has 1 saturated carbocycles. The first-order chi connectivity index (χ1) is 5.77. The van der Waals surface area contributed by atoms with Gasteiger partial charge in [0.05, 0.1) is 0 Å². The molecule has 1 atom stereocenters. The van der Waals surface area contributed by atoms with Crippen LogP contribution in [0.3, 0.4) is 0 Å². The molecule has 1 aromatic rings. The van der Waals surface area contributed by atoms with Crippen LogP contribution in [0.1, 0.15) is 30.2 Å². The predicted molar refractivity (Wildman–Crippen MR) is 61.3 cm³/mol. The van der Waals surface area contributed by atoms with Crippen LogP contribution in [-0.2, 0) is 0 Å². The number of hydrogen-bond donors (Lipinski definition) is 1. The fraction of sp³-hybridized carbons (Fsp3) is 0.556. The lowest BCUT2D eigenvalue weighted by Gasteiger charge is -2.30. The minimum absolute atomic E-state index is 0.312. The second kappa shape index (κ2) is 3.64. The van der Waals surface area contributed by atoms with Gasteiger partial charge in [-0.2, -0.15) is 0 Å². The van der Waals surface area contributed by atoms with E-state index in [2.05, 4.69) is 34.0 Å². The van der Waals surface area contributed by atoms with Crippen LogP contribution >= 0.6 is 33.9 Å². The molecule has 2 rings (SSSR count). The molecule has 3 heteroatoms. The zero-order chi connectivity index (χ0) is 8.55. The molecule has 0 amide bonds. The van der Waals surface area contributed by atoms with E-state index in [4.69, 9.17) is 5.73 Å². The van der Waals surface area contributed by atoms with Crippen LogP contribution in [0, 0.1) is 9.49 Å². The van der Waals surface area contributed by atoms with Crippen molar-refractivity contribution in [3.05, 3.63) is 19.9 Å². The molecule has 66 valence electrons. The van der Waals surface area contributed by atoms with Crippen molar-refractivity contribution < 1.29 is 0 Å². The molecule has 0 bridgehead atoms. The first kappa shape index (κ1) is 8.97. The lowest BCUT2D eigenvalue weighted by Crippen LogP contribution is -2.25. The summed E-state index contributed by atoms with van der Waals surface area (Å²) in [5.41, 5.74) is 6.12. The molecule has 1 aliphatic rings. The summed E-state index contributed by atoms with van der Waals surface area (Å²) < 4.78 is 1.32. The summed E-state index contributed by atoms with van der Waals surface area (Å²) in [5, 5.41) is 2.18. The largest absolute Gasteiger partial charge is 0.323 e. The molecule has 1 fully saturated rings. The molecular weight excluding hydrogens is 281 g/mol. The topological polar surface area (TPSA) is 26.0 Å².